The Labute approximate surface area is 71.5 Å². The number of hydrogen-bond acceptors (Lipinski definition) is 2. The van der Waals surface area contributed by atoms with E-state index in [0.717, 1.165) is 17.8 Å². The molecule has 0 aliphatic carbocycles. The third-order valence-corrected chi connectivity index (χ3v) is 2.02. The zero-order chi connectivity index (χ0) is 8.55. The number of aromatic hydroxyl groups is 1. The standard InChI is InChI=1S/C10H11NO/c1-7-5-8-3-2-4-9(12)10(8)11-6-7/h2-5,11-12H,6H2,1H3. The van der Waals surface area contributed by atoms with Crippen molar-refractivity contribution in [3.05, 3.63) is 29.3 Å². The summed E-state index contributed by atoms with van der Waals surface area (Å²) in [7, 11) is 0. The SMILES string of the molecule is CC1=Cc2cccc(O)c2NC1. The summed E-state index contributed by atoms with van der Waals surface area (Å²) in [6.07, 6.45) is 2.09. The zero-order valence-corrected chi connectivity index (χ0v) is 6.96. The van der Waals surface area contributed by atoms with Crippen LogP contribution in [0.25, 0.3) is 6.08 Å². The fourth-order valence-electron chi connectivity index (χ4n) is 1.41. The Kier molecular flexibility index (Phi) is 1.54. The Bertz CT molecular complexity index is 342. The van der Waals surface area contributed by atoms with Crippen molar-refractivity contribution in [1.29, 1.82) is 0 Å². The molecule has 0 unspecified atom stereocenters. The molecule has 1 aromatic carbocycles. The topological polar surface area (TPSA) is 32.3 Å². The minimum atomic E-state index is 0.330. The molecule has 2 heteroatoms. The third-order valence-electron chi connectivity index (χ3n) is 2.02. The molecule has 62 valence electrons. The largest absolute Gasteiger partial charge is 0.506 e. The summed E-state index contributed by atoms with van der Waals surface area (Å²) in [6.45, 7) is 2.89. The van der Waals surface area contributed by atoms with Gasteiger partial charge < -0.3 is 10.4 Å². The molecule has 12 heavy (non-hydrogen) atoms. The van der Waals surface area contributed by atoms with Crippen molar-refractivity contribution in [3.8, 4) is 5.75 Å². The van der Waals surface area contributed by atoms with E-state index >= 15 is 0 Å². The summed E-state index contributed by atoms with van der Waals surface area (Å²) in [5.41, 5.74) is 3.20. The van der Waals surface area contributed by atoms with Crippen LogP contribution in [0.1, 0.15) is 12.5 Å². The number of phenols is 1. The highest BCUT2D eigenvalue weighted by Crippen LogP contribution is 2.31. The van der Waals surface area contributed by atoms with Crippen LogP contribution < -0.4 is 5.32 Å². The van der Waals surface area contributed by atoms with E-state index < -0.39 is 0 Å². The van der Waals surface area contributed by atoms with Gasteiger partial charge in [0, 0.05) is 12.1 Å². The second-order valence-electron chi connectivity index (χ2n) is 3.09. The smallest absolute Gasteiger partial charge is 0.139 e. The van der Waals surface area contributed by atoms with Gasteiger partial charge in [-0.15, -0.1) is 0 Å². The van der Waals surface area contributed by atoms with Crippen molar-refractivity contribution in [2.45, 2.75) is 6.92 Å². The number of fused-ring (bicyclic) bond motifs is 1. The molecule has 0 saturated heterocycles. The normalized spacial score (nSPS) is 14.6. The van der Waals surface area contributed by atoms with Gasteiger partial charge in [-0.3, -0.25) is 0 Å². The number of nitrogens with one attached hydrogen (secondary N) is 1. The Morgan fingerprint density at radius 1 is 1.42 bits per heavy atom. The fourth-order valence-corrected chi connectivity index (χ4v) is 1.41. The van der Waals surface area contributed by atoms with Crippen LogP contribution in [0, 0.1) is 0 Å². The van der Waals surface area contributed by atoms with Crippen molar-refractivity contribution in [3.63, 3.8) is 0 Å². The lowest BCUT2D eigenvalue weighted by Crippen LogP contribution is -2.08. The maximum atomic E-state index is 9.45. The highest BCUT2D eigenvalue weighted by Gasteiger charge is 2.09. The minimum Gasteiger partial charge on any atom is -0.506 e. The number of phenolic OH excluding ortho intramolecular Hbond substituents is 1. The fraction of sp³-hybridized carbons (Fsp3) is 0.200. The van der Waals surface area contributed by atoms with E-state index in [0.29, 0.717) is 5.75 Å². The van der Waals surface area contributed by atoms with Gasteiger partial charge in [0.15, 0.2) is 0 Å². The van der Waals surface area contributed by atoms with E-state index in [1.165, 1.54) is 5.57 Å². The maximum absolute atomic E-state index is 9.45. The number of anilines is 1. The van der Waals surface area contributed by atoms with Gasteiger partial charge in [-0.1, -0.05) is 23.8 Å². The zero-order valence-electron chi connectivity index (χ0n) is 6.96. The lowest BCUT2D eigenvalue weighted by Gasteiger charge is -2.17. The van der Waals surface area contributed by atoms with Gasteiger partial charge in [0.25, 0.3) is 0 Å². The van der Waals surface area contributed by atoms with E-state index in [-0.39, 0.29) is 0 Å². The lowest BCUT2D eigenvalue weighted by atomic mass is 10.1. The average molecular weight is 161 g/mol. The van der Waals surface area contributed by atoms with Crippen molar-refractivity contribution in [2.75, 3.05) is 11.9 Å². The third kappa shape index (κ3) is 1.05. The molecule has 2 nitrogen and oxygen atoms in total. The Morgan fingerprint density at radius 2 is 2.25 bits per heavy atom. The first kappa shape index (κ1) is 7.22. The van der Waals surface area contributed by atoms with Crippen LogP contribution in [0.15, 0.2) is 23.8 Å². The molecule has 0 fully saturated rings. The lowest BCUT2D eigenvalue weighted by molar-refractivity contribution is 0.477. The van der Waals surface area contributed by atoms with Gasteiger partial charge in [0.2, 0.25) is 0 Å². The van der Waals surface area contributed by atoms with Crippen molar-refractivity contribution >= 4 is 11.8 Å². The van der Waals surface area contributed by atoms with Crippen molar-refractivity contribution < 1.29 is 5.11 Å². The van der Waals surface area contributed by atoms with E-state index in [4.69, 9.17) is 0 Å². The summed E-state index contributed by atoms with van der Waals surface area (Å²) in [5.74, 6) is 0.330. The molecule has 1 heterocycles. The van der Waals surface area contributed by atoms with Crippen LogP contribution in [0.3, 0.4) is 0 Å². The predicted octanol–water partition coefficient (Wildman–Crippen LogP) is 2.22. The molecule has 0 spiro atoms. The van der Waals surface area contributed by atoms with Gasteiger partial charge >= 0.3 is 0 Å². The molecule has 0 bridgehead atoms. The number of rotatable bonds is 0. The molecular weight excluding hydrogens is 150 g/mol. The summed E-state index contributed by atoms with van der Waals surface area (Å²) in [6, 6.07) is 5.54. The van der Waals surface area contributed by atoms with Gasteiger partial charge in [-0.05, 0) is 13.0 Å². The summed E-state index contributed by atoms with van der Waals surface area (Å²) >= 11 is 0. The molecular formula is C10H11NO. The Balaban J connectivity index is 2.57. The Morgan fingerprint density at radius 3 is 3.08 bits per heavy atom. The van der Waals surface area contributed by atoms with Crippen LogP contribution in [-0.2, 0) is 0 Å². The van der Waals surface area contributed by atoms with Crippen molar-refractivity contribution in [2.24, 2.45) is 0 Å². The second-order valence-corrected chi connectivity index (χ2v) is 3.09. The van der Waals surface area contributed by atoms with Crippen LogP contribution >= 0.6 is 0 Å². The first-order valence-electron chi connectivity index (χ1n) is 4.00. The van der Waals surface area contributed by atoms with E-state index in [9.17, 15) is 5.11 Å². The summed E-state index contributed by atoms with van der Waals surface area (Å²) in [5, 5.41) is 12.6. The van der Waals surface area contributed by atoms with Gasteiger partial charge in [-0.25, -0.2) is 0 Å². The minimum absolute atomic E-state index is 0.330. The van der Waals surface area contributed by atoms with Crippen LogP contribution in [0.2, 0.25) is 0 Å². The van der Waals surface area contributed by atoms with E-state index in [1.54, 1.807) is 6.07 Å². The van der Waals surface area contributed by atoms with Crippen molar-refractivity contribution in [1.82, 2.24) is 0 Å². The first-order chi connectivity index (χ1) is 5.77. The second kappa shape index (κ2) is 2.55. The molecule has 2 rings (SSSR count). The maximum Gasteiger partial charge on any atom is 0.139 e. The highest BCUT2D eigenvalue weighted by atomic mass is 16.3. The molecule has 1 aliphatic heterocycles. The molecule has 1 aromatic rings. The van der Waals surface area contributed by atoms with Crippen LogP contribution in [0.5, 0.6) is 5.75 Å². The number of para-hydroxylation sites is 1. The molecule has 2 N–H and O–H groups in total. The highest BCUT2D eigenvalue weighted by molar-refractivity contribution is 5.76. The van der Waals surface area contributed by atoms with Gasteiger partial charge in [0.1, 0.15) is 5.75 Å². The molecule has 0 atom stereocenters. The monoisotopic (exact) mass is 161 g/mol. The van der Waals surface area contributed by atoms with Gasteiger partial charge in [-0.2, -0.15) is 0 Å². The summed E-state index contributed by atoms with van der Waals surface area (Å²) < 4.78 is 0. The predicted molar refractivity (Wildman–Crippen MR) is 50.2 cm³/mol. The number of benzene rings is 1. The average Bonchev–Trinajstić information content (AvgIpc) is 2.04. The van der Waals surface area contributed by atoms with E-state index in [1.807, 2.05) is 12.1 Å². The molecule has 0 amide bonds. The van der Waals surface area contributed by atoms with E-state index in [2.05, 4.69) is 18.3 Å². The van der Waals surface area contributed by atoms with Gasteiger partial charge in [0.05, 0.1) is 5.69 Å². The molecule has 0 saturated carbocycles. The molecule has 0 aromatic heterocycles. The van der Waals surface area contributed by atoms with Crippen LogP contribution in [0.4, 0.5) is 5.69 Å². The Hall–Kier alpha value is -1.44. The molecule has 1 aliphatic rings. The molecule has 0 radical (unpaired) electrons. The first-order valence-corrected chi connectivity index (χ1v) is 4.00. The number of hydrogen-bond donors (Lipinski definition) is 2. The quantitative estimate of drug-likeness (QED) is 0.572. The summed E-state index contributed by atoms with van der Waals surface area (Å²) in [4.78, 5) is 0. The van der Waals surface area contributed by atoms with Crippen LogP contribution in [-0.4, -0.2) is 11.7 Å².